The average molecular weight is 281 g/mol. The fourth-order valence-electron chi connectivity index (χ4n) is 1.76. The van der Waals surface area contributed by atoms with Crippen LogP contribution in [-0.2, 0) is 6.54 Å². The number of aliphatic hydroxyl groups excluding tert-OH is 1. The molecular weight excluding hydrogens is 266 g/mol. The van der Waals surface area contributed by atoms with E-state index in [0.29, 0.717) is 23.5 Å². The molecule has 1 amide bonds. The molecule has 5 nitrogen and oxygen atoms in total. The zero-order valence-electron chi connectivity index (χ0n) is 11.6. The third-order valence-electron chi connectivity index (χ3n) is 2.70. The third kappa shape index (κ3) is 4.41. The Labute approximate surface area is 123 Å². The molecule has 106 valence electrons. The van der Waals surface area contributed by atoms with Crippen LogP contribution < -0.4 is 5.32 Å². The molecule has 1 aromatic heterocycles. The molecular formula is C16H15N3O2. The summed E-state index contributed by atoms with van der Waals surface area (Å²) in [6, 6.07) is 8.70. The Balaban J connectivity index is 2.03. The molecule has 0 unspecified atom stereocenters. The zero-order valence-corrected chi connectivity index (χ0v) is 11.6. The minimum absolute atomic E-state index is 0.195. The molecule has 2 N–H and O–H groups in total. The van der Waals surface area contributed by atoms with E-state index in [1.807, 2.05) is 0 Å². The summed E-state index contributed by atoms with van der Waals surface area (Å²) in [6.07, 6.45) is 1.66. The first-order chi connectivity index (χ1) is 10.2. The van der Waals surface area contributed by atoms with Gasteiger partial charge in [0.15, 0.2) is 0 Å². The maximum atomic E-state index is 12.1. The van der Waals surface area contributed by atoms with Crippen LogP contribution in [0, 0.1) is 18.8 Å². The van der Waals surface area contributed by atoms with Crippen LogP contribution in [0.25, 0.3) is 0 Å². The summed E-state index contributed by atoms with van der Waals surface area (Å²) in [5.41, 5.74) is 1.96. The van der Waals surface area contributed by atoms with E-state index in [-0.39, 0.29) is 12.5 Å². The second kappa shape index (κ2) is 7.17. The molecule has 0 fully saturated rings. The minimum Gasteiger partial charge on any atom is -0.384 e. The van der Waals surface area contributed by atoms with Crippen molar-refractivity contribution < 1.29 is 9.90 Å². The Bertz CT molecular complexity index is 702. The molecule has 21 heavy (non-hydrogen) atoms. The number of carbonyl (C=O) groups is 1. The van der Waals surface area contributed by atoms with Crippen LogP contribution >= 0.6 is 0 Å². The Morgan fingerprint density at radius 2 is 2.24 bits per heavy atom. The molecule has 0 aliphatic heterocycles. The predicted molar refractivity (Wildman–Crippen MR) is 78.3 cm³/mol. The van der Waals surface area contributed by atoms with Gasteiger partial charge in [-0.3, -0.25) is 4.79 Å². The molecule has 1 aromatic carbocycles. The number of aliphatic hydroxyl groups is 1. The Kier molecular flexibility index (Phi) is 5.02. The van der Waals surface area contributed by atoms with E-state index >= 15 is 0 Å². The first-order valence-electron chi connectivity index (χ1n) is 6.45. The largest absolute Gasteiger partial charge is 0.384 e. The van der Waals surface area contributed by atoms with Gasteiger partial charge >= 0.3 is 0 Å². The standard InChI is InChI=1S/C16H15N3O2/c1-12-17-8-7-15(19-12)11-18-16(21)14-6-2-4-13(10-14)5-3-9-20/h2,4,6-8,10,20H,9,11H2,1H3,(H,18,21). The third-order valence-corrected chi connectivity index (χ3v) is 2.70. The van der Waals surface area contributed by atoms with E-state index in [2.05, 4.69) is 27.1 Å². The lowest BCUT2D eigenvalue weighted by atomic mass is 10.1. The monoisotopic (exact) mass is 281 g/mol. The van der Waals surface area contributed by atoms with Crippen LogP contribution in [0.15, 0.2) is 36.5 Å². The quantitative estimate of drug-likeness (QED) is 0.825. The summed E-state index contributed by atoms with van der Waals surface area (Å²) in [4.78, 5) is 20.3. The maximum Gasteiger partial charge on any atom is 0.251 e. The lowest BCUT2D eigenvalue weighted by molar-refractivity contribution is 0.0950. The minimum atomic E-state index is -0.205. The molecule has 0 aliphatic carbocycles. The number of benzene rings is 1. The Morgan fingerprint density at radius 1 is 1.38 bits per heavy atom. The van der Waals surface area contributed by atoms with Crippen molar-refractivity contribution in [1.82, 2.24) is 15.3 Å². The Hall–Kier alpha value is -2.71. The van der Waals surface area contributed by atoms with Crippen LogP contribution in [0.3, 0.4) is 0 Å². The van der Waals surface area contributed by atoms with E-state index in [1.165, 1.54) is 0 Å². The van der Waals surface area contributed by atoms with Gasteiger partial charge in [0.05, 0.1) is 12.2 Å². The number of hydrogen-bond donors (Lipinski definition) is 2. The maximum absolute atomic E-state index is 12.1. The number of carbonyl (C=O) groups excluding carboxylic acids is 1. The van der Waals surface area contributed by atoms with Gasteiger partial charge in [-0.15, -0.1) is 0 Å². The van der Waals surface area contributed by atoms with Crippen LogP contribution in [0.5, 0.6) is 0 Å². The van der Waals surface area contributed by atoms with Crippen LogP contribution in [-0.4, -0.2) is 27.6 Å². The molecule has 0 spiro atoms. The van der Waals surface area contributed by atoms with Gasteiger partial charge < -0.3 is 10.4 Å². The number of aryl methyl sites for hydroxylation is 1. The predicted octanol–water partition coefficient (Wildman–Crippen LogP) is 1.06. The summed E-state index contributed by atoms with van der Waals surface area (Å²) >= 11 is 0. The summed E-state index contributed by atoms with van der Waals surface area (Å²) < 4.78 is 0. The van der Waals surface area contributed by atoms with Gasteiger partial charge in [0.1, 0.15) is 12.4 Å². The van der Waals surface area contributed by atoms with E-state index in [4.69, 9.17) is 5.11 Å². The van der Waals surface area contributed by atoms with E-state index < -0.39 is 0 Å². The number of nitrogens with zero attached hydrogens (tertiary/aromatic N) is 2. The van der Waals surface area contributed by atoms with Gasteiger partial charge in [-0.05, 0) is 31.2 Å². The summed E-state index contributed by atoms with van der Waals surface area (Å²) in [5.74, 6) is 5.80. The van der Waals surface area contributed by atoms with Crippen molar-refractivity contribution in [1.29, 1.82) is 0 Å². The van der Waals surface area contributed by atoms with E-state index in [0.717, 1.165) is 5.69 Å². The molecule has 2 rings (SSSR count). The first-order valence-corrected chi connectivity index (χ1v) is 6.45. The van der Waals surface area contributed by atoms with Gasteiger partial charge in [0.25, 0.3) is 5.91 Å². The molecule has 0 atom stereocenters. The normalized spacial score (nSPS) is 9.62. The molecule has 0 aliphatic rings. The number of rotatable bonds is 3. The van der Waals surface area contributed by atoms with Crippen molar-refractivity contribution in [2.75, 3.05) is 6.61 Å². The highest BCUT2D eigenvalue weighted by Crippen LogP contribution is 2.04. The molecule has 1 heterocycles. The highest BCUT2D eigenvalue weighted by Gasteiger charge is 2.06. The van der Waals surface area contributed by atoms with Gasteiger partial charge in [0, 0.05) is 17.3 Å². The number of hydrogen-bond acceptors (Lipinski definition) is 4. The van der Waals surface area contributed by atoms with Gasteiger partial charge in [-0.1, -0.05) is 17.9 Å². The topological polar surface area (TPSA) is 75.1 Å². The first kappa shape index (κ1) is 14.7. The van der Waals surface area contributed by atoms with Crippen molar-refractivity contribution in [2.45, 2.75) is 13.5 Å². The molecule has 0 radical (unpaired) electrons. The summed E-state index contributed by atoms with van der Waals surface area (Å²) in [5, 5.41) is 11.5. The Morgan fingerprint density at radius 3 is 3.00 bits per heavy atom. The fourth-order valence-corrected chi connectivity index (χ4v) is 1.76. The molecule has 5 heteroatoms. The van der Waals surface area contributed by atoms with Gasteiger partial charge in [-0.25, -0.2) is 9.97 Å². The van der Waals surface area contributed by atoms with Crippen LogP contribution in [0.2, 0.25) is 0 Å². The average Bonchev–Trinajstić information content (AvgIpc) is 2.51. The lowest BCUT2D eigenvalue weighted by Gasteiger charge is -2.05. The van der Waals surface area contributed by atoms with Crippen LogP contribution in [0.1, 0.15) is 27.4 Å². The van der Waals surface area contributed by atoms with Gasteiger partial charge in [-0.2, -0.15) is 0 Å². The highest BCUT2D eigenvalue weighted by atomic mass is 16.2. The molecule has 0 saturated carbocycles. The fraction of sp³-hybridized carbons (Fsp3) is 0.188. The molecule has 0 saturated heterocycles. The second-order valence-electron chi connectivity index (χ2n) is 4.32. The molecule has 2 aromatic rings. The zero-order chi connectivity index (χ0) is 15.1. The second-order valence-corrected chi connectivity index (χ2v) is 4.32. The smallest absolute Gasteiger partial charge is 0.251 e. The van der Waals surface area contributed by atoms with E-state index in [9.17, 15) is 4.79 Å². The van der Waals surface area contributed by atoms with Crippen molar-refractivity contribution in [2.24, 2.45) is 0 Å². The number of amides is 1. The van der Waals surface area contributed by atoms with Crippen molar-refractivity contribution >= 4 is 5.91 Å². The van der Waals surface area contributed by atoms with Gasteiger partial charge in [0.2, 0.25) is 0 Å². The SMILES string of the molecule is Cc1nccc(CNC(=O)c2cccc(C#CCO)c2)n1. The van der Waals surface area contributed by atoms with Crippen LogP contribution in [0.4, 0.5) is 0 Å². The van der Waals surface area contributed by atoms with Crippen molar-refractivity contribution in [3.63, 3.8) is 0 Å². The highest BCUT2D eigenvalue weighted by molar-refractivity contribution is 5.94. The van der Waals surface area contributed by atoms with E-state index in [1.54, 1.807) is 43.5 Å². The summed E-state index contributed by atoms with van der Waals surface area (Å²) in [7, 11) is 0. The number of aromatic nitrogens is 2. The summed E-state index contributed by atoms with van der Waals surface area (Å²) in [6.45, 7) is 1.94. The van der Waals surface area contributed by atoms with Crippen molar-refractivity contribution in [3.05, 3.63) is 59.2 Å². The number of nitrogens with one attached hydrogen (secondary N) is 1. The lowest BCUT2D eigenvalue weighted by Crippen LogP contribution is -2.23. The van der Waals surface area contributed by atoms with Crippen molar-refractivity contribution in [3.8, 4) is 11.8 Å². The molecule has 0 bridgehead atoms.